The highest BCUT2D eigenvalue weighted by atomic mass is 14.9. The average molecular weight is 206 g/mol. The van der Waals surface area contributed by atoms with Gasteiger partial charge in [0.2, 0.25) is 0 Å². The maximum Gasteiger partial charge on any atom is 0.0208 e. The lowest BCUT2D eigenvalue weighted by molar-refractivity contribution is 0.623. The van der Waals surface area contributed by atoms with E-state index in [4.69, 9.17) is 0 Å². The molecule has 0 saturated carbocycles. The molecule has 0 aliphatic heterocycles. The second kappa shape index (κ2) is 7.43. The molecule has 0 aliphatic rings. The van der Waals surface area contributed by atoms with E-state index in [9.17, 15) is 0 Å². The van der Waals surface area contributed by atoms with Crippen LogP contribution in [0.25, 0.3) is 0 Å². The van der Waals surface area contributed by atoms with Crippen LogP contribution in [0.1, 0.15) is 25.0 Å². The van der Waals surface area contributed by atoms with Crippen LogP contribution < -0.4 is 10.6 Å². The van der Waals surface area contributed by atoms with Crippen molar-refractivity contribution in [3.8, 4) is 0 Å². The Morgan fingerprint density at radius 2 is 1.60 bits per heavy atom. The fourth-order valence-corrected chi connectivity index (χ4v) is 1.65. The van der Waals surface area contributed by atoms with Gasteiger partial charge in [-0.25, -0.2) is 0 Å². The molecule has 15 heavy (non-hydrogen) atoms. The zero-order valence-electron chi connectivity index (χ0n) is 9.84. The minimum atomic E-state index is 0.982. The molecule has 2 nitrogen and oxygen atoms in total. The third kappa shape index (κ3) is 4.45. The number of benzene rings is 1. The number of likely N-dealkylation sites (N-methyl/N-ethyl adjacent to an activating group) is 1. The van der Waals surface area contributed by atoms with Crippen LogP contribution in [0.3, 0.4) is 0 Å². The van der Waals surface area contributed by atoms with Gasteiger partial charge in [0.25, 0.3) is 0 Å². The molecule has 0 bridgehead atoms. The van der Waals surface area contributed by atoms with Crippen LogP contribution in [0.4, 0.5) is 0 Å². The highest BCUT2D eigenvalue weighted by molar-refractivity contribution is 5.26. The third-order valence-electron chi connectivity index (χ3n) is 2.54. The van der Waals surface area contributed by atoms with Gasteiger partial charge in [0.15, 0.2) is 0 Å². The Morgan fingerprint density at radius 3 is 2.27 bits per heavy atom. The van der Waals surface area contributed by atoms with Crippen molar-refractivity contribution in [2.75, 3.05) is 19.6 Å². The van der Waals surface area contributed by atoms with Crippen molar-refractivity contribution in [3.63, 3.8) is 0 Å². The van der Waals surface area contributed by atoms with Gasteiger partial charge < -0.3 is 10.6 Å². The lowest BCUT2D eigenvalue weighted by atomic mass is 10.1. The largest absolute Gasteiger partial charge is 0.316 e. The topological polar surface area (TPSA) is 24.1 Å². The van der Waals surface area contributed by atoms with Gasteiger partial charge in [-0.15, -0.1) is 0 Å². The summed E-state index contributed by atoms with van der Waals surface area (Å²) in [4.78, 5) is 0. The first-order valence-corrected chi connectivity index (χ1v) is 5.86. The molecule has 0 aliphatic carbocycles. The SMILES string of the molecule is CCNCCNCc1ccccc1CC. The standard InChI is InChI=1S/C13H22N2/c1-3-12-7-5-6-8-13(12)11-15-10-9-14-4-2/h5-8,14-15H,3-4,9-11H2,1-2H3. The van der Waals surface area contributed by atoms with E-state index in [1.165, 1.54) is 11.1 Å². The Labute approximate surface area is 93.1 Å². The quantitative estimate of drug-likeness (QED) is 0.666. The van der Waals surface area contributed by atoms with E-state index in [0.29, 0.717) is 0 Å². The molecule has 84 valence electrons. The van der Waals surface area contributed by atoms with Crippen LogP contribution in [0.5, 0.6) is 0 Å². The molecule has 0 saturated heterocycles. The van der Waals surface area contributed by atoms with Gasteiger partial charge in [0.1, 0.15) is 0 Å². The molecular weight excluding hydrogens is 184 g/mol. The molecule has 0 heterocycles. The van der Waals surface area contributed by atoms with Gasteiger partial charge in [-0.3, -0.25) is 0 Å². The lowest BCUT2D eigenvalue weighted by Gasteiger charge is -2.09. The van der Waals surface area contributed by atoms with E-state index in [1.54, 1.807) is 0 Å². The Kier molecular flexibility index (Phi) is 6.05. The van der Waals surface area contributed by atoms with Crippen LogP contribution in [-0.4, -0.2) is 19.6 Å². The summed E-state index contributed by atoms with van der Waals surface area (Å²) in [6, 6.07) is 8.64. The summed E-state index contributed by atoms with van der Waals surface area (Å²) in [6.45, 7) is 8.45. The molecule has 0 unspecified atom stereocenters. The molecular formula is C13H22N2. The zero-order valence-corrected chi connectivity index (χ0v) is 9.84. The normalized spacial score (nSPS) is 10.5. The maximum absolute atomic E-state index is 3.45. The first-order chi connectivity index (χ1) is 7.38. The Balaban J connectivity index is 2.30. The van der Waals surface area contributed by atoms with Gasteiger partial charge in [-0.1, -0.05) is 38.1 Å². The minimum Gasteiger partial charge on any atom is -0.316 e. The first kappa shape index (κ1) is 12.2. The third-order valence-corrected chi connectivity index (χ3v) is 2.54. The van der Waals surface area contributed by atoms with Gasteiger partial charge in [-0.2, -0.15) is 0 Å². The van der Waals surface area contributed by atoms with Gasteiger partial charge in [0, 0.05) is 19.6 Å². The average Bonchev–Trinajstić information content (AvgIpc) is 2.29. The maximum atomic E-state index is 3.45. The molecule has 1 aromatic carbocycles. The zero-order chi connectivity index (χ0) is 10.9. The number of hydrogen-bond donors (Lipinski definition) is 2. The minimum absolute atomic E-state index is 0.982. The monoisotopic (exact) mass is 206 g/mol. The van der Waals surface area contributed by atoms with E-state index in [-0.39, 0.29) is 0 Å². The second-order valence-corrected chi connectivity index (χ2v) is 3.65. The smallest absolute Gasteiger partial charge is 0.0208 e. The lowest BCUT2D eigenvalue weighted by Crippen LogP contribution is -2.27. The number of rotatable bonds is 7. The summed E-state index contributed by atoms with van der Waals surface area (Å²) in [7, 11) is 0. The van der Waals surface area contributed by atoms with E-state index in [0.717, 1.165) is 32.6 Å². The molecule has 0 fully saturated rings. The second-order valence-electron chi connectivity index (χ2n) is 3.65. The van der Waals surface area contributed by atoms with Gasteiger partial charge in [0.05, 0.1) is 0 Å². The highest BCUT2D eigenvalue weighted by Gasteiger charge is 1.97. The van der Waals surface area contributed by atoms with Gasteiger partial charge >= 0.3 is 0 Å². The van der Waals surface area contributed by atoms with E-state index in [2.05, 4.69) is 48.7 Å². The summed E-state index contributed by atoms with van der Waals surface area (Å²) in [6.07, 6.45) is 1.12. The van der Waals surface area contributed by atoms with Crippen molar-refractivity contribution in [2.45, 2.75) is 26.8 Å². The molecule has 1 aromatic rings. The Morgan fingerprint density at radius 1 is 0.933 bits per heavy atom. The van der Waals surface area contributed by atoms with Crippen LogP contribution in [-0.2, 0) is 13.0 Å². The fraction of sp³-hybridized carbons (Fsp3) is 0.538. The van der Waals surface area contributed by atoms with E-state index < -0.39 is 0 Å². The highest BCUT2D eigenvalue weighted by Crippen LogP contribution is 2.08. The molecule has 2 heteroatoms. The van der Waals surface area contributed by atoms with Crippen molar-refractivity contribution in [3.05, 3.63) is 35.4 Å². The van der Waals surface area contributed by atoms with Crippen LogP contribution in [0, 0.1) is 0 Å². The predicted octanol–water partition coefficient (Wildman–Crippen LogP) is 1.95. The molecule has 1 rings (SSSR count). The van der Waals surface area contributed by atoms with Crippen LogP contribution >= 0.6 is 0 Å². The van der Waals surface area contributed by atoms with E-state index >= 15 is 0 Å². The summed E-state index contributed by atoms with van der Waals surface area (Å²) >= 11 is 0. The van der Waals surface area contributed by atoms with Crippen LogP contribution in [0.2, 0.25) is 0 Å². The first-order valence-electron chi connectivity index (χ1n) is 5.86. The number of aryl methyl sites for hydroxylation is 1. The fourth-order valence-electron chi connectivity index (χ4n) is 1.65. The summed E-state index contributed by atoms with van der Waals surface area (Å²) in [5, 5.41) is 6.75. The van der Waals surface area contributed by atoms with Gasteiger partial charge in [-0.05, 0) is 24.1 Å². The molecule has 0 amide bonds. The molecule has 0 radical (unpaired) electrons. The number of hydrogen-bond acceptors (Lipinski definition) is 2. The molecule has 2 N–H and O–H groups in total. The summed E-state index contributed by atoms with van der Waals surface area (Å²) in [5.41, 5.74) is 2.88. The van der Waals surface area contributed by atoms with Crippen molar-refractivity contribution in [1.29, 1.82) is 0 Å². The summed E-state index contributed by atoms with van der Waals surface area (Å²) < 4.78 is 0. The Bertz CT molecular complexity index is 271. The number of nitrogens with one attached hydrogen (secondary N) is 2. The molecule has 0 atom stereocenters. The molecule has 0 spiro atoms. The van der Waals surface area contributed by atoms with Crippen molar-refractivity contribution in [1.82, 2.24) is 10.6 Å². The predicted molar refractivity (Wildman–Crippen MR) is 66.1 cm³/mol. The van der Waals surface area contributed by atoms with E-state index in [1.807, 2.05) is 0 Å². The van der Waals surface area contributed by atoms with Crippen molar-refractivity contribution < 1.29 is 0 Å². The van der Waals surface area contributed by atoms with Crippen molar-refractivity contribution >= 4 is 0 Å². The molecule has 0 aromatic heterocycles. The summed E-state index contributed by atoms with van der Waals surface area (Å²) in [5.74, 6) is 0. The van der Waals surface area contributed by atoms with Crippen molar-refractivity contribution in [2.24, 2.45) is 0 Å². The van der Waals surface area contributed by atoms with Crippen LogP contribution in [0.15, 0.2) is 24.3 Å². The Hall–Kier alpha value is -0.860.